The van der Waals surface area contributed by atoms with Crippen molar-refractivity contribution < 1.29 is 9.90 Å². The van der Waals surface area contributed by atoms with Crippen molar-refractivity contribution in [3.8, 4) is 0 Å². The Balaban J connectivity index is 2.40. The van der Waals surface area contributed by atoms with Crippen molar-refractivity contribution in [3.63, 3.8) is 0 Å². The molecule has 0 radical (unpaired) electrons. The Morgan fingerprint density at radius 3 is 2.65 bits per heavy atom. The van der Waals surface area contributed by atoms with Gasteiger partial charge >= 0.3 is 5.97 Å². The Kier molecular flexibility index (Phi) is 4.37. The molecule has 1 saturated heterocycles. The average Bonchev–Trinajstić information content (AvgIpc) is 2.83. The van der Waals surface area contributed by atoms with Gasteiger partial charge in [0.1, 0.15) is 4.88 Å². The number of piperidine rings is 1. The molecule has 2 rings (SSSR count). The summed E-state index contributed by atoms with van der Waals surface area (Å²) in [7, 11) is 0. The van der Waals surface area contributed by atoms with Crippen LogP contribution in [0.5, 0.6) is 0 Å². The first-order valence-corrected chi connectivity index (χ1v) is 8.17. The molecule has 0 saturated carbocycles. The molecule has 1 aliphatic rings. The summed E-state index contributed by atoms with van der Waals surface area (Å²) >= 11 is 1.34. The van der Waals surface area contributed by atoms with Gasteiger partial charge in [0.15, 0.2) is 5.13 Å². The van der Waals surface area contributed by atoms with Gasteiger partial charge in [-0.25, -0.2) is 9.78 Å². The first-order chi connectivity index (χ1) is 9.34. The standard InChI is InChI=1S/C15H24N2O2S/c1-5-10-8-6-7-9-17(10)14-16-12(15(2,3)4)11(20-14)13(18)19/h10H,5-9H2,1-4H3,(H,18,19). The third-order valence-electron chi connectivity index (χ3n) is 3.86. The molecule has 1 aliphatic heterocycles. The van der Waals surface area contributed by atoms with Gasteiger partial charge < -0.3 is 10.0 Å². The minimum atomic E-state index is -0.858. The topological polar surface area (TPSA) is 53.4 Å². The van der Waals surface area contributed by atoms with Crippen LogP contribution in [0.15, 0.2) is 0 Å². The van der Waals surface area contributed by atoms with Gasteiger partial charge in [0, 0.05) is 18.0 Å². The van der Waals surface area contributed by atoms with Crippen LogP contribution in [0.25, 0.3) is 0 Å². The van der Waals surface area contributed by atoms with Crippen molar-refractivity contribution in [3.05, 3.63) is 10.6 Å². The zero-order chi connectivity index (χ0) is 14.9. The Labute approximate surface area is 124 Å². The number of aromatic carboxylic acids is 1. The largest absolute Gasteiger partial charge is 0.477 e. The molecule has 1 atom stereocenters. The van der Waals surface area contributed by atoms with E-state index in [0.717, 1.165) is 18.1 Å². The minimum absolute atomic E-state index is 0.236. The Bertz CT molecular complexity index is 491. The number of aromatic nitrogens is 1. The summed E-state index contributed by atoms with van der Waals surface area (Å²) < 4.78 is 0. The highest BCUT2D eigenvalue weighted by molar-refractivity contribution is 7.17. The lowest BCUT2D eigenvalue weighted by molar-refractivity contribution is 0.0699. The fourth-order valence-corrected chi connectivity index (χ4v) is 3.97. The number of anilines is 1. The average molecular weight is 296 g/mol. The van der Waals surface area contributed by atoms with Crippen LogP contribution in [-0.4, -0.2) is 28.6 Å². The molecule has 112 valence electrons. The Hall–Kier alpha value is -1.10. The van der Waals surface area contributed by atoms with Crippen LogP contribution in [0, 0.1) is 0 Å². The summed E-state index contributed by atoms with van der Waals surface area (Å²) in [5, 5.41) is 10.3. The molecule has 20 heavy (non-hydrogen) atoms. The van der Waals surface area contributed by atoms with Crippen molar-refractivity contribution >= 4 is 22.4 Å². The van der Waals surface area contributed by atoms with Crippen LogP contribution in [0.3, 0.4) is 0 Å². The van der Waals surface area contributed by atoms with Crippen molar-refractivity contribution in [2.24, 2.45) is 0 Å². The molecule has 0 bridgehead atoms. The predicted molar refractivity (Wildman–Crippen MR) is 83.0 cm³/mol. The SMILES string of the molecule is CCC1CCCCN1c1nc(C(C)(C)C)c(C(=O)O)s1. The summed E-state index contributed by atoms with van der Waals surface area (Å²) in [6.45, 7) is 9.25. The van der Waals surface area contributed by atoms with E-state index in [9.17, 15) is 9.90 Å². The quantitative estimate of drug-likeness (QED) is 0.919. The van der Waals surface area contributed by atoms with Gasteiger partial charge in [0.05, 0.1) is 5.69 Å². The predicted octanol–water partition coefficient (Wildman–Crippen LogP) is 3.91. The molecule has 1 aromatic rings. The van der Waals surface area contributed by atoms with E-state index in [-0.39, 0.29) is 5.41 Å². The molecule has 5 heteroatoms. The summed E-state index contributed by atoms with van der Waals surface area (Å²) in [6.07, 6.45) is 4.71. The molecule has 0 aromatic carbocycles. The Morgan fingerprint density at radius 2 is 2.15 bits per heavy atom. The lowest BCUT2D eigenvalue weighted by atomic mass is 9.91. The second-order valence-electron chi connectivity index (χ2n) is 6.48. The van der Waals surface area contributed by atoms with Gasteiger partial charge in [-0.1, -0.05) is 39.0 Å². The monoisotopic (exact) mass is 296 g/mol. The van der Waals surface area contributed by atoms with Gasteiger partial charge in [0.2, 0.25) is 0 Å². The van der Waals surface area contributed by atoms with Gasteiger partial charge in [-0.15, -0.1) is 0 Å². The fourth-order valence-electron chi connectivity index (χ4n) is 2.76. The number of thiazole rings is 1. The van der Waals surface area contributed by atoms with Crippen LogP contribution >= 0.6 is 11.3 Å². The van der Waals surface area contributed by atoms with E-state index < -0.39 is 5.97 Å². The van der Waals surface area contributed by atoms with E-state index in [1.54, 1.807) is 0 Å². The maximum Gasteiger partial charge on any atom is 0.347 e. The summed E-state index contributed by atoms with van der Waals surface area (Å²) in [6, 6.07) is 0.504. The summed E-state index contributed by atoms with van der Waals surface area (Å²) in [4.78, 5) is 18.9. The molecular formula is C15H24N2O2S. The molecule has 1 N–H and O–H groups in total. The van der Waals surface area contributed by atoms with Crippen molar-refractivity contribution in [1.82, 2.24) is 4.98 Å². The van der Waals surface area contributed by atoms with E-state index >= 15 is 0 Å². The zero-order valence-electron chi connectivity index (χ0n) is 12.8. The molecule has 0 amide bonds. The number of carboxylic acids is 1. The Morgan fingerprint density at radius 1 is 1.45 bits per heavy atom. The summed E-state index contributed by atoms with van der Waals surface area (Å²) in [5.74, 6) is -0.858. The number of nitrogens with zero attached hydrogens (tertiary/aromatic N) is 2. The van der Waals surface area contributed by atoms with E-state index in [4.69, 9.17) is 0 Å². The highest BCUT2D eigenvalue weighted by atomic mass is 32.1. The molecule has 2 heterocycles. The number of carboxylic acid groups (broad SMARTS) is 1. The minimum Gasteiger partial charge on any atom is -0.477 e. The van der Waals surface area contributed by atoms with Gasteiger partial charge in [-0.2, -0.15) is 0 Å². The van der Waals surface area contributed by atoms with E-state index in [2.05, 4.69) is 16.8 Å². The zero-order valence-corrected chi connectivity index (χ0v) is 13.6. The molecule has 0 aliphatic carbocycles. The van der Waals surface area contributed by atoms with Gasteiger partial charge in [-0.05, 0) is 25.7 Å². The van der Waals surface area contributed by atoms with E-state index in [1.165, 1.54) is 30.6 Å². The maximum atomic E-state index is 11.5. The fraction of sp³-hybridized carbons (Fsp3) is 0.733. The number of carbonyl (C=O) groups is 1. The highest BCUT2D eigenvalue weighted by Gasteiger charge is 2.31. The first kappa shape index (κ1) is 15.3. The van der Waals surface area contributed by atoms with Gasteiger partial charge in [-0.3, -0.25) is 0 Å². The highest BCUT2D eigenvalue weighted by Crippen LogP contribution is 2.36. The second kappa shape index (κ2) is 5.72. The lowest BCUT2D eigenvalue weighted by Gasteiger charge is -2.35. The van der Waals surface area contributed by atoms with Crippen LogP contribution in [0.2, 0.25) is 0 Å². The van der Waals surface area contributed by atoms with Crippen LogP contribution in [0.1, 0.15) is 68.7 Å². The summed E-state index contributed by atoms with van der Waals surface area (Å²) in [5.41, 5.74) is 0.477. The van der Waals surface area contributed by atoms with E-state index in [1.807, 2.05) is 20.8 Å². The number of rotatable bonds is 3. The third-order valence-corrected chi connectivity index (χ3v) is 4.95. The molecular weight excluding hydrogens is 272 g/mol. The smallest absolute Gasteiger partial charge is 0.347 e. The third kappa shape index (κ3) is 2.97. The lowest BCUT2D eigenvalue weighted by Crippen LogP contribution is -2.39. The maximum absolute atomic E-state index is 11.5. The molecule has 1 unspecified atom stereocenters. The van der Waals surface area contributed by atoms with Crippen molar-refractivity contribution in [1.29, 1.82) is 0 Å². The molecule has 4 nitrogen and oxygen atoms in total. The molecule has 1 aromatic heterocycles. The van der Waals surface area contributed by atoms with Crippen molar-refractivity contribution in [2.75, 3.05) is 11.4 Å². The normalized spacial score (nSPS) is 20.2. The van der Waals surface area contributed by atoms with Crippen LogP contribution in [0.4, 0.5) is 5.13 Å². The van der Waals surface area contributed by atoms with E-state index in [0.29, 0.717) is 16.6 Å². The van der Waals surface area contributed by atoms with Gasteiger partial charge in [0.25, 0.3) is 0 Å². The first-order valence-electron chi connectivity index (χ1n) is 7.35. The number of hydrogen-bond donors (Lipinski definition) is 1. The molecule has 0 spiro atoms. The number of hydrogen-bond acceptors (Lipinski definition) is 4. The molecule has 1 fully saturated rings. The van der Waals surface area contributed by atoms with Crippen molar-refractivity contribution in [2.45, 2.75) is 64.8 Å². The second-order valence-corrected chi connectivity index (χ2v) is 7.46. The van der Waals surface area contributed by atoms with Crippen LogP contribution < -0.4 is 4.90 Å². The van der Waals surface area contributed by atoms with Crippen LogP contribution in [-0.2, 0) is 5.41 Å².